The SMILES string of the molecule is COC(=O)[C@@H](Cc1ccncn1)C(=O)Nc1ccc(SC)cc1F. The topological polar surface area (TPSA) is 81.2 Å². The molecule has 1 amide bonds. The molecular weight excluding hydrogens is 333 g/mol. The number of rotatable bonds is 6. The number of nitrogens with zero attached hydrogens (tertiary/aromatic N) is 2. The molecule has 126 valence electrons. The summed E-state index contributed by atoms with van der Waals surface area (Å²) in [6, 6.07) is 6.05. The largest absolute Gasteiger partial charge is 0.468 e. The molecule has 1 atom stereocenters. The lowest BCUT2D eigenvalue weighted by Crippen LogP contribution is -2.32. The highest BCUT2D eigenvalue weighted by Crippen LogP contribution is 2.22. The molecule has 2 aromatic rings. The molecule has 24 heavy (non-hydrogen) atoms. The highest BCUT2D eigenvalue weighted by Gasteiger charge is 2.29. The van der Waals surface area contributed by atoms with Crippen molar-refractivity contribution in [3.63, 3.8) is 0 Å². The summed E-state index contributed by atoms with van der Waals surface area (Å²) in [6.45, 7) is 0. The van der Waals surface area contributed by atoms with Crippen molar-refractivity contribution in [2.45, 2.75) is 11.3 Å². The van der Waals surface area contributed by atoms with Gasteiger partial charge in [-0.25, -0.2) is 14.4 Å². The van der Waals surface area contributed by atoms with Crippen LogP contribution in [0.3, 0.4) is 0 Å². The molecule has 0 aliphatic heterocycles. The van der Waals surface area contributed by atoms with Gasteiger partial charge in [-0.3, -0.25) is 9.59 Å². The molecule has 0 aliphatic carbocycles. The van der Waals surface area contributed by atoms with Gasteiger partial charge in [-0.05, 0) is 30.5 Å². The molecule has 1 heterocycles. The highest BCUT2D eigenvalue weighted by atomic mass is 32.2. The van der Waals surface area contributed by atoms with E-state index in [4.69, 9.17) is 0 Å². The number of ether oxygens (including phenoxy) is 1. The van der Waals surface area contributed by atoms with Gasteiger partial charge in [-0.15, -0.1) is 11.8 Å². The van der Waals surface area contributed by atoms with Crippen LogP contribution in [0.15, 0.2) is 41.7 Å². The lowest BCUT2D eigenvalue weighted by Gasteiger charge is -2.15. The first kappa shape index (κ1) is 17.9. The number of carbonyl (C=O) groups is 2. The van der Waals surface area contributed by atoms with Crippen LogP contribution < -0.4 is 5.32 Å². The minimum absolute atomic E-state index is 0.00869. The number of anilines is 1. The first-order valence-corrected chi connectivity index (χ1v) is 8.24. The average molecular weight is 349 g/mol. The van der Waals surface area contributed by atoms with E-state index in [-0.39, 0.29) is 12.1 Å². The Balaban J connectivity index is 2.17. The number of hydrogen-bond donors (Lipinski definition) is 1. The molecular formula is C16H16FN3O3S. The van der Waals surface area contributed by atoms with Gasteiger partial charge in [-0.2, -0.15) is 0 Å². The number of aromatic nitrogens is 2. The van der Waals surface area contributed by atoms with Crippen molar-refractivity contribution in [3.8, 4) is 0 Å². The van der Waals surface area contributed by atoms with Crippen LogP contribution in [0, 0.1) is 11.7 Å². The molecule has 0 fully saturated rings. The summed E-state index contributed by atoms with van der Waals surface area (Å²) in [4.78, 5) is 32.8. The number of esters is 1. The summed E-state index contributed by atoms with van der Waals surface area (Å²) in [5.74, 6) is -3.08. The van der Waals surface area contributed by atoms with E-state index >= 15 is 0 Å². The Kier molecular flexibility index (Phi) is 6.25. The van der Waals surface area contributed by atoms with Crippen LogP contribution in [0.1, 0.15) is 5.69 Å². The molecule has 0 unspecified atom stereocenters. The highest BCUT2D eigenvalue weighted by molar-refractivity contribution is 7.98. The molecule has 2 rings (SSSR count). The van der Waals surface area contributed by atoms with Crippen molar-refractivity contribution < 1.29 is 18.7 Å². The summed E-state index contributed by atoms with van der Waals surface area (Å²) < 4.78 is 18.7. The van der Waals surface area contributed by atoms with E-state index in [9.17, 15) is 14.0 Å². The molecule has 0 spiro atoms. The second kappa shape index (κ2) is 8.39. The van der Waals surface area contributed by atoms with Gasteiger partial charge in [0.1, 0.15) is 18.1 Å². The van der Waals surface area contributed by atoms with Crippen molar-refractivity contribution in [2.75, 3.05) is 18.7 Å². The number of halogens is 1. The molecule has 1 aromatic heterocycles. The molecule has 6 nitrogen and oxygen atoms in total. The standard InChI is InChI=1S/C16H16FN3O3S/c1-23-16(22)12(7-10-5-6-18-9-19-10)15(21)20-14-4-3-11(24-2)8-13(14)17/h3-6,8-9,12H,7H2,1-2H3,(H,20,21)/t12-/m0/s1. The fourth-order valence-corrected chi connectivity index (χ4v) is 2.44. The van der Waals surface area contributed by atoms with Crippen molar-refractivity contribution >= 4 is 29.3 Å². The van der Waals surface area contributed by atoms with E-state index in [1.54, 1.807) is 12.1 Å². The predicted octanol–water partition coefficient (Wildman–Crippen LogP) is 2.31. The summed E-state index contributed by atoms with van der Waals surface area (Å²) in [6.07, 6.45) is 4.69. The number of thioether (sulfide) groups is 1. The van der Waals surface area contributed by atoms with Crippen LogP contribution in [0.25, 0.3) is 0 Å². The Labute approximate surface area is 142 Å². The maximum Gasteiger partial charge on any atom is 0.318 e. The predicted molar refractivity (Wildman–Crippen MR) is 88.1 cm³/mol. The fraction of sp³-hybridized carbons (Fsp3) is 0.250. The third-order valence-electron chi connectivity index (χ3n) is 3.29. The van der Waals surface area contributed by atoms with E-state index in [1.807, 2.05) is 6.26 Å². The average Bonchev–Trinajstić information content (AvgIpc) is 2.61. The molecule has 8 heteroatoms. The van der Waals surface area contributed by atoms with Gasteiger partial charge < -0.3 is 10.1 Å². The minimum atomic E-state index is -1.13. The normalized spacial score (nSPS) is 11.6. The van der Waals surface area contributed by atoms with Crippen molar-refractivity contribution in [3.05, 3.63) is 48.3 Å². The summed E-state index contributed by atoms with van der Waals surface area (Å²) in [7, 11) is 1.19. The first-order chi connectivity index (χ1) is 11.5. The van der Waals surface area contributed by atoms with Crippen molar-refractivity contribution in [1.29, 1.82) is 0 Å². The molecule has 0 aliphatic rings. The minimum Gasteiger partial charge on any atom is -0.468 e. The van der Waals surface area contributed by atoms with Gasteiger partial charge in [0.2, 0.25) is 5.91 Å². The number of hydrogen-bond acceptors (Lipinski definition) is 6. The van der Waals surface area contributed by atoms with Crippen LogP contribution in [0.5, 0.6) is 0 Å². The number of methoxy groups -OCH3 is 1. The van der Waals surface area contributed by atoms with E-state index in [0.717, 1.165) is 4.90 Å². The van der Waals surface area contributed by atoms with Gasteiger partial charge in [0.15, 0.2) is 0 Å². The second-order valence-electron chi connectivity index (χ2n) is 4.82. The van der Waals surface area contributed by atoms with Gasteiger partial charge in [-0.1, -0.05) is 0 Å². The summed E-state index contributed by atoms with van der Waals surface area (Å²) in [5, 5.41) is 2.43. The third kappa shape index (κ3) is 4.51. The van der Waals surface area contributed by atoms with Crippen molar-refractivity contribution in [2.24, 2.45) is 5.92 Å². The van der Waals surface area contributed by atoms with Crippen LogP contribution in [-0.2, 0) is 20.7 Å². The fourth-order valence-electron chi connectivity index (χ4n) is 2.02. The van der Waals surface area contributed by atoms with E-state index in [1.165, 1.54) is 43.5 Å². The number of benzene rings is 1. The number of nitrogens with one attached hydrogen (secondary N) is 1. The lowest BCUT2D eigenvalue weighted by atomic mass is 10.0. The smallest absolute Gasteiger partial charge is 0.318 e. The number of carbonyl (C=O) groups excluding carboxylic acids is 2. The molecule has 0 saturated carbocycles. The quantitative estimate of drug-likeness (QED) is 0.490. The molecule has 1 N–H and O–H groups in total. The van der Waals surface area contributed by atoms with Crippen LogP contribution >= 0.6 is 11.8 Å². The Bertz CT molecular complexity index is 728. The summed E-state index contributed by atoms with van der Waals surface area (Å²) in [5.41, 5.74) is 0.517. The molecule has 0 bridgehead atoms. The Morgan fingerprint density at radius 3 is 2.75 bits per heavy atom. The van der Waals surface area contributed by atoms with Gasteiger partial charge in [0, 0.05) is 23.2 Å². The summed E-state index contributed by atoms with van der Waals surface area (Å²) >= 11 is 1.39. The number of amides is 1. The van der Waals surface area contributed by atoms with Gasteiger partial charge >= 0.3 is 5.97 Å². The van der Waals surface area contributed by atoms with Crippen LogP contribution in [0.4, 0.5) is 10.1 Å². The first-order valence-electron chi connectivity index (χ1n) is 7.02. The Hall–Kier alpha value is -2.48. The molecule has 1 aromatic carbocycles. The zero-order chi connectivity index (χ0) is 17.5. The third-order valence-corrected chi connectivity index (χ3v) is 4.02. The lowest BCUT2D eigenvalue weighted by molar-refractivity contribution is -0.148. The van der Waals surface area contributed by atoms with E-state index in [0.29, 0.717) is 5.69 Å². The Morgan fingerprint density at radius 2 is 2.17 bits per heavy atom. The molecule has 0 radical (unpaired) electrons. The zero-order valence-corrected chi connectivity index (χ0v) is 14.0. The molecule has 0 saturated heterocycles. The van der Waals surface area contributed by atoms with Crippen LogP contribution in [0.2, 0.25) is 0 Å². The maximum atomic E-state index is 14.0. The van der Waals surface area contributed by atoms with E-state index in [2.05, 4.69) is 20.0 Å². The van der Waals surface area contributed by atoms with E-state index < -0.39 is 23.6 Å². The Morgan fingerprint density at radius 1 is 1.38 bits per heavy atom. The maximum absolute atomic E-state index is 14.0. The van der Waals surface area contributed by atoms with Gasteiger partial charge in [0.25, 0.3) is 0 Å². The zero-order valence-electron chi connectivity index (χ0n) is 13.2. The second-order valence-corrected chi connectivity index (χ2v) is 5.70. The van der Waals surface area contributed by atoms with Crippen molar-refractivity contribution in [1.82, 2.24) is 9.97 Å². The van der Waals surface area contributed by atoms with Gasteiger partial charge in [0.05, 0.1) is 12.8 Å². The van der Waals surface area contributed by atoms with Crippen LogP contribution in [-0.4, -0.2) is 35.2 Å². The monoisotopic (exact) mass is 349 g/mol.